The van der Waals surface area contributed by atoms with Crippen molar-refractivity contribution in [1.82, 2.24) is 44.9 Å². The minimum Gasteiger partial charge on any atom is -0.480 e. The van der Waals surface area contributed by atoms with Crippen LogP contribution in [0.25, 0.3) is 0 Å². The van der Waals surface area contributed by atoms with E-state index in [2.05, 4.69) is 10.6 Å². The van der Waals surface area contributed by atoms with Gasteiger partial charge in [0.25, 0.3) is 0 Å². The normalized spacial score (nSPS) is 21.3. The van der Waals surface area contributed by atoms with E-state index in [1.807, 2.05) is 9.80 Å². The molecule has 2 heterocycles. The second kappa shape index (κ2) is 25.8. The maximum Gasteiger partial charge on any atom is 0.317 e. The predicted molar refractivity (Wildman–Crippen MR) is 191 cm³/mol. The second-order valence-electron chi connectivity index (χ2n) is 13.7. The third kappa shape index (κ3) is 22.7. The molecule has 53 heavy (non-hydrogen) atoms. The Morgan fingerprint density at radius 2 is 0.642 bits per heavy atom. The van der Waals surface area contributed by atoms with Crippen molar-refractivity contribution in [1.29, 1.82) is 0 Å². The Balaban J connectivity index is 1.94. The lowest BCUT2D eigenvalue weighted by Gasteiger charge is -2.33. The minimum absolute atomic E-state index is 0.131. The molecule has 9 N–H and O–H groups in total. The van der Waals surface area contributed by atoms with Gasteiger partial charge in [-0.25, -0.2) is 0 Å². The lowest BCUT2D eigenvalue weighted by molar-refractivity contribution is -0.140. The van der Waals surface area contributed by atoms with Crippen LogP contribution in [0.3, 0.4) is 0 Å². The standard InChI is InChI=1S/C32H61N9O12/c42-26(19-35-3-1-33-2-4-36(21-28(44)45)6-10-38(9-5-35)22-29(46)47)17-34-18-27(43)20-37-7-11-39(23-30(48)49)13-15-41(25-32(52)53)16-14-40(12-8-37)24-31(50)51/h26-27,33-34,42-43H,1-25H2,(H,44,45)(H,46,47)(H,48,49)(H,50,51)(H,52,53). The van der Waals surface area contributed by atoms with E-state index < -0.39 is 42.1 Å². The predicted octanol–water partition coefficient (Wildman–Crippen LogP) is -5.55. The molecule has 306 valence electrons. The number of hydrogen-bond donors (Lipinski definition) is 9. The highest BCUT2D eigenvalue weighted by Crippen LogP contribution is 2.04. The Kier molecular flexibility index (Phi) is 22.5. The minimum atomic E-state index is -1.03. The van der Waals surface area contributed by atoms with Gasteiger partial charge in [0.1, 0.15) is 0 Å². The lowest BCUT2D eigenvalue weighted by atomic mass is 10.2. The maximum absolute atomic E-state index is 11.5. The first-order chi connectivity index (χ1) is 25.2. The first-order valence-electron chi connectivity index (χ1n) is 18.1. The molecule has 0 aromatic carbocycles. The molecule has 2 rings (SSSR count). The summed E-state index contributed by atoms with van der Waals surface area (Å²) in [6.07, 6.45) is -1.66. The summed E-state index contributed by atoms with van der Waals surface area (Å²) in [5.74, 6) is -4.99. The third-order valence-electron chi connectivity index (χ3n) is 9.10. The number of aliphatic hydroxyl groups excluding tert-OH is 2. The summed E-state index contributed by atoms with van der Waals surface area (Å²) in [5.41, 5.74) is 0. The number of carboxylic acids is 5. The number of rotatable bonds is 18. The number of nitrogens with zero attached hydrogens (tertiary/aromatic N) is 7. The average Bonchev–Trinajstić information content (AvgIpc) is 3.04. The van der Waals surface area contributed by atoms with E-state index in [1.165, 1.54) is 0 Å². The molecule has 2 saturated heterocycles. The number of β-amino-alcohol motifs (C(OH)–C–C–N with tert-alkyl or cyclic N) is 2. The van der Waals surface area contributed by atoms with Gasteiger partial charge in [-0.05, 0) is 0 Å². The number of hydrogen-bond acceptors (Lipinski definition) is 16. The quantitative estimate of drug-likeness (QED) is 0.0630. The van der Waals surface area contributed by atoms with Crippen molar-refractivity contribution in [3.8, 4) is 0 Å². The van der Waals surface area contributed by atoms with Crippen LogP contribution in [0, 0.1) is 0 Å². The molecule has 2 aliphatic heterocycles. The van der Waals surface area contributed by atoms with Crippen LogP contribution < -0.4 is 10.6 Å². The molecule has 21 nitrogen and oxygen atoms in total. The van der Waals surface area contributed by atoms with Crippen molar-refractivity contribution in [2.45, 2.75) is 12.2 Å². The lowest BCUT2D eigenvalue weighted by Crippen LogP contribution is -2.50. The summed E-state index contributed by atoms with van der Waals surface area (Å²) in [6, 6.07) is 0. The van der Waals surface area contributed by atoms with Crippen LogP contribution >= 0.6 is 0 Å². The van der Waals surface area contributed by atoms with Gasteiger partial charge in [-0.15, -0.1) is 0 Å². The molecule has 21 heteroatoms. The zero-order valence-electron chi connectivity index (χ0n) is 30.6. The van der Waals surface area contributed by atoms with Gasteiger partial charge in [-0.1, -0.05) is 0 Å². The molecule has 0 bridgehead atoms. The van der Waals surface area contributed by atoms with Crippen molar-refractivity contribution in [3.63, 3.8) is 0 Å². The van der Waals surface area contributed by atoms with Crippen molar-refractivity contribution in [2.24, 2.45) is 0 Å². The van der Waals surface area contributed by atoms with Gasteiger partial charge in [0, 0.05) is 131 Å². The van der Waals surface area contributed by atoms with Crippen LogP contribution in [0.4, 0.5) is 0 Å². The first-order valence-corrected chi connectivity index (χ1v) is 18.1. The molecular formula is C32H61N9O12. The largest absolute Gasteiger partial charge is 0.480 e. The van der Waals surface area contributed by atoms with Crippen molar-refractivity contribution >= 4 is 29.8 Å². The molecule has 0 aromatic heterocycles. The molecule has 2 fully saturated rings. The Hall–Kier alpha value is -3.09. The van der Waals surface area contributed by atoms with Gasteiger partial charge in [0.2, 0.25) is 0 Å². The number of carbonyl (C=O) groups is 5. The molecule has 2 unspecified atom stereocenters. The van der Waals surface area contributed by atoms with Crippen LogP contribution in [-0.4, -0.2) is 276 Å². The molecule has 0 amide bonds. The summed E-state index contributed by atoms with van der Waals surface area (Å²) in [7, 11) is 0. The van der Waals surface area contributed by atoms with Crippen molar-refractivity contribution in [2.75, 3.05) is 164 Å². The molecule has 0 aliphatic carbocycles. The highest BCUT2D eigenvalue weighted by Gasteiger charge is 2.22. The van der Waals surface area contributed by atoms with Gasteiger partial charge < -0.3 is 46.4 Å². The fourth-order valence-electron chi connectivity index (χ4n) is 6.33. The van der Waals surface area contributed by atoms with E-state index in [-0.39, 0.29) is 65.4 Å². The number of aliphatic hydroxyl groups is 2. The average molecular weight is 764 g/mol. The summed E-state index contributed by atoms with van der Waals surface area (Å²) in [6.45, 7) is 6.27. The van der Waals surface area contributed by atoms with E-state index in [0.29, 0.717) is 98.2 Å². The zero-order valence-corrected chi connectivity index (χ0v) is 30.6. The molecule has 0 saturated carbocycles. The van der Waals surface area contributed by atoms with Crippen molar-refractivity contribution < 1.29 is 59.7 Å². The fourth-order valence-corrected chi connectivity index (χ4v) is 6.33. The Morgan fingerprint density at radius 3 is 0.925 bits per heavy atom. The zero-order chi connectivity index (χ0) is 39.2. The Morgan fingerprint density at radius 1 is 0.415 bits per heavy atom. The summed E-state index contributed by atoms with van der Waals surface area (Å²) >= 11 is 0. The van der Waals surface area contributed by atoms with E-state index in [1.54, 1.807) is 24.5 Å². The topological polar surface area (TPSA) is 274 Å². The van der Waals surface area contributed by atoms with Gasteiger partial charge in [0.15, 0.2) is 0 Å². The monoisotopic (exact) mass is 763 g/mol. The van der Waals surface area contributed by atoms with E-state index in [4.69, 9.17) is 0 Å². The van der Waals surface area contributed by atoms with E-state index >= 15 is 0 Å². The maximum atomic E-state index is 11.5. The smallest absolute Gasteiger partial charge is 0.317 e. The molecule has 2 aliphatic rings. The van der Waals surface area contributed by atoms with Crippen LogP contribution in [0.1, 0.15) is 0 Å². The van der Waals surface area contributed by atoms with Gasteiger partial charge in [0.05, 0.1) is 44.9 Å². The van der Waals surface area contributed by atoms with Gasteiger partial charge >= 0.3 is 29.8 Å². The SMILES string of the molecule is O=C(O)CN1CCNCCN(CC(O)CNCC(O)CN2CCN(CC(=O)O)CCN(CC(=O)O)CCN(CC(=O)O)CC2)CCN(CC(=O)O)CC1. The molecular weight excluding hydrogens is 702 g/mol. The number of nitrogens with one attached hydrogen (secondary N) is 2. The van der Waals surface area contributed by atoms with Crippen LogP contribution in [0.5, 0.6) is 0 Å². The molecule has 0 radical (unpaired) electrons. The van der Waals surface area contributed by atoms with Crippen LogP contribution in [0.2, 0.25) is 0 Å². The number of aliphatic carboxylic acids is 5. The van der Waals surface area contributed by atoms with Gasteiger partial charge in [-0.2, -0.15) is 0 Å². The second-order valence-corrected chi connectivity index (χ2v) is 13.7. The van der Waals surface area contributed by atoms with Crippen molar-refractivity contribution in [3.05, 3.63) is 0 Å². The fraction of sp³-hybridized carbons (Fsp3) is 0.844. The van der Waals surface area contributed by atoms with E-state index in [9.17, 15) is 59.7 Å². The highest BCUT2D eigenvalue weighted by atomic mass is 16.4. The van der Waals surface area contributed by atoms with E-state index in [0.717, 1.165) is 0 Å². The summed E-state index contributed by atoms with van der Waals surface area (Å²) in [5, 5.41) is 75.1. The highest BCUT2D eigenvalue weighted by molar-refractivity contribution is 5.70. The Labute approximate surface area is 310 Å². The Bertz CT molecular complexity index is 1090. The first kappa shape index (κ1) is 46.1. The van der Waals surface area contributed by atoms with Gasteiger partial charge in [-0.3, -0.25) is 58.3 Å². The molecule has 0 spiro atoms. The third-order valence-corrected chi connectivity index (χ3v) is 9.10. The number of carboxylic acid groups (broad SMARTS) is 5. The summed E-state index contributed by atoms with van der Waals surface area (Å²) < 4.78 is 0. The van der Waals surface area contributed by atoms with Crippen LogP contribution in [0.15, 0.2) is 0 Å². The molecule has 0 aromatic rings. The van der Waals surface area contributed by atoms with Crippen LogP contribution in [-0.2, 0) is 24.0 Å². The molecule has 2 atom stereocenters. The summed E-state index contributed by atoms with van der Waals surface area (Å²) in [4.78, 5) is 69.8.